The third-order valence-corrected chi connectivity index (χ3v) is 1.95. The average Bonchev–Trinajstić information content (AvgIpc) is 2.27. The molecular formula is C9H16N2O4. The highest BCUT2D eigenvalue weighted by molar-refractivity contribution is 5.85. The number of esters is 1. The van der Waals surface area contributed by atoms with E-state index in [-0.39, 0.29) is 18.5 Å². The number of hydrogen-bond donors (Lipinski definition) is 2. The Bertz CT molecular complexity index is 226. The van der Waals surface area contributed by atoms with E-state index in [4.69, 9.17) is 4.74 Å². The Kier molecular flexibility index (Phi) is 5.06. The van der Waals surface area contributed by atoms with E-state index in [1.165, 1.54) is 0 Å². The molecule has 0 aromatic rings. The van der Waals surface area contributed by atoms with Gasteiger partial charge in [0, 0.05) is 6.54 Å². The maximum absolute atomic E-state index is 11.4. The minimum Gasteiger partial charge on any atom is -0.465 e. The summed E-state index contributed by atoms with van der Waals surface area (Å²) in [6.45, 7) is 3.55. The average molecular weight is 216 g/mol. The molecule has 1 fully saturated rings. The Labute approximate surface area is 88.3 Å². The van der Waals surface area contributed by atoms with Crippen LogP contribution >= 0.6 is 0 Å². The number of nitrogens with one attached hydrogen (secondary N) is 2. The summed E-state index contributed by atoms with van der Waals surface area (Å²) >= 11 is 0. The van der Waals surface area contributed by atoms with Gasteiger partial charge in [-0.05, 0) is 6.92 Å². The Balaban J connectivity index is 2.19. The van der Waals surface area contributed by atoms with Crippen LogP contribution < -0.4 is 10.6 Å². The predicted octanol–water partition coefficient (Wildman–Crippen LogP) is -1.35. The predicted molar refractivity (Wildman–Crippen MR) is 52.3 cm³/mol. The van der Waals surface area contributed by atoms with Crippen LogP contribution in [0.3, 0.4) is 0 Å². The van der Waals surface area contributed by atoms with Crippen LogP contribution in [-0.2, 0) is 19.1 Å². The SMILES string of the molecule is CCOC(=O)CNC(=O)[C@H]1COCCN1. The molecular weight excluding hydrogens is 200 g/mol. The van der Waals surface area contributed by atoms with Crippen LogP contribution in [0.2, 0.25) is 0 Å². The standard InChI is InChI=1S/C9H16N2O4/c1-2-15-8(12)5-11-9(13)7-6-14-4-3-10-7/h7,10H,2-6H2,1H3,(H,11,13)/t7-/m1/s1. The summed E-state index contributed by atoms with van der Waals surface area (Å²) in [5, 5.41) is 5.47. The van der Waals surface area contributed by atoms with Crippen molar-refractivity contribution in [3.63, 3.8) is 0 Å². The van der Waals surface area contributed by atoms with E-state index in [2.05, 4.69) is 15.4 Å². The first kappa shape index (κ1) is 11.9. The van der Waals surface area contributed by atoms with E-state index in [1.807, 2.05) is 0 Å². The molecule has 2 N–H and O–H groups in total. The lowest BCUT2D eigenvalue weighted by Crippen LogP contribution is -2.52. The highest BCUT2D eigenvalue weighted by Gasteiger charge is 2.21. The Morgan fingerprint density at radius 3 is 3.00 bits per heavy atom. The number of carbonyl (C=O) groups excluding carboxylic acids is 2. The van der Waals surface area contributed by atoms with Gasteiger partial charge in [-0.3, -0.25) is 9.59 Å². The molecule has 1 heterocycles. The summed E-state index contributed by atoms with van der Waals surface area (Å²) < 4.78 is 9.79. The zero-order valence-corrected chi connectivity index (χ0v) is 8.75. The fourth-order valence-corrected chi connectivity index (χ4v) is 1.23. The highest BCUT2D eigenvalue weighted by Crippen LogP contribution is 1.92. The molecule has 0 aromatic heterocycles. The monoisotopic (exact) mass is 216 g/mol. The van der Waals surface area contributed by atoms with Crippen LogP contribution in [0.4, 0.5) is 0 Å². The van der Waals surface area contributed by atoms with Gasteiger partial charge in [-0.2, -0.15) is 0 Å². The second kappa shape index (κ2) is 6.36. The van der Waals surface area contributed by atoms with Crippen LogP contribution in [0, 0.1) is 0 Å². The molecule has 6 nitrogen and oxygen atoms in total. The molecule has 0 radical (unpaired) electrons. The Hall–Kier alpha value is -1.14. The lowest BCUT2D eigenvalue weighted by Gasteiger charge is -2.22. The molecule has 86 valence electrons. The quantitative estimate of drug-likeness (QED) is 0.568. The molecule has 0 spiro atoms. The van der Waals surface area contributed by atoms with Crippen molar-refractivity contribution in [3.05, 3.63) is 0 Å². The maximum Gasteiger partial charge on any atom is 0.325 e. The first-order valence-electron chi connectivity index (χ1n) is 4.98. The normalized spacial score (nSPS) is 20.7. The zero-order chi connectivity index (χ0) is 11.1. The van der Waals surface area contributed by atoms with Crippen LogP contribution in [0.15, 0.2) is 0 Å². The van der Waals surface area contributed by atoms with Crippen molar-refractivity contribution in [2.24, 2.45) is 0 Å². The van der Waals surface area contributed by atoms with Crippen LogP contribution in [0.1, 0.15) is 6.92 Å². The van der Waals surface area contributed by atoms with Crippen molar-refractivity contribution >= 4 is 11.9 Å². The molecule has 1 saturated heterocycles. The molecule has 0 bridgehead atoms. The summed E-state index contributed by atoms with van der Waals surface area (Å²) in [4.78, 5) is 22.4. The maximum atomic E-state index is 11.4. The Morgan fingerprint density at radius 1 is 1.60 bits per heavy atom. The van der Waals surface area contributed by atoms with E-state index in [9.17, 15) is 9.59 Å². The summed E-state index contributed by atoms with van der Waals surface area (Å²) in [5.74, 6) is -0.662. The summed E-state index contributed by atoms with van der Waals surface area (Å²) in [5.41, 5.74) is 0. The number of ether oxygens (including phenoxy) is 2. The third-order valence-electron chi connectivity index (χ3n) is 1.95. The minimum absolute atomic E-state index is 0.0924. The highest BCUT2D eigenvalue weighted by atomic mass is 16.5. The van der Waals surface area contributed by atoms with Gasteiger partial charge in [0.2, 0.25) is 5.91 Å². The van der Waals surface area contributed by atoms with Gasteiger partial charge in [0.05, 0.1) is 19.8 Å². The van der Waals surface area contributed by atoms with E-state index in [1.54, 1.807) is 6.92 Å². The summed E-state index contributed by atoms with van der Waals surface area (Å²) in [6, 6.07) is -0.367. The van der Waals surface area contributed by atoms with Gasteiger partial charge in [0.15, 0.2) is 0 Å². The van der Waals surface area contributed by atoms with Gasteiger partial charge in [0.25, 0.3) is 0 Å². The number of carbonyl (C=O) groups is 2. The molecule has 6 heteroatoms. The van der Waals surface area contributed by atoms with Gasteiger partial charge in [-0.1, -0.05) is 0 Å². The number of amides is 1. The molecule has 1 aliphatic rings. The topological polar surface area (TPSA) is 76.7 Å². The number of morpholine rings is 1. The van der Waals surface area contributed by atoms with Crippen LogP contribution in [0.5, 0.6) is 0 Å². The lowest BCUT2D eigenvalue weighted by atomic mass is 10.2. The van der Waals surface area contributed by atoms with Gasteiger partial charge in [0.1, 0.15) is 12.6 Å². The third kappa shape index (κ3) is 4.26. The van der Waals surface area contributed by atoms with E-state index >= 15 is 0 Å². The van der Waals surface area contributed by atoms with Crippen molar-refractivity contribution in [3.8, 4) is 0 Å². The lowest BCUT2D eigenvalue weighted by molar-refractivity contribution is -0.143. The van der Waals surface area contributed by atoms with E-state index in [0.717, 1.165) is 0 Å². The smallest absolute Gasteiger partial charge is 0.325 e. The molecule has 0 saturated carbocycles. The summed E-state index contributed by atoms with van der Waals surface area (Å²) in [7, 11) is 0. The van der Waals surface area contributed by atoms with Gasteiger partial charge >= 0.3 is 5.97 Å². The molecule has 15 heavy (non-hydrogen) atoms. The van der Waals surface area contributed by atoms with E-state index in [0.29, 0.717) is 26.4 Å². The second-order valence-corrected chi connectivity index (χ2v) is 3.10. The molecule has 0 aliphatic carbocycles. The van der Waals surface area contributed by atoms with Crippen LogP contribution in [-0.4, -0.2) is 50.8 Å². The number of rotatable bonds is 4. The van der Waals surface area contributed by atoms with Gasteiger partial charge in [-0.15, -0.1) is 0 Å². The Morgan fingerprint density at radius 2 is 2.40 bits per heavy atom. The minimum atomic E-state index is -0.428. The molecule has 1 atom stereocenters. The zero-order valence-electron chi connectivity index (χ0n) is 8.75. The van der Waals surface area contributed by atoms with Crippen molar-refractivity contribution in [2.45, 2.75) is 13.0 Å². The number of hydrogen-bond acceptors (Lipinski definition) is 5. The van der Waals surface area contributed by atoms with Crippen molar-refractivity contribution in [2.75, 3.05) is 32.9 Å². The van der Waals surface area contributed by atoms with Gasteiger partial charge in [-0.25, -0.2) is 0 Å². The largest absolute Gasteiger partial charge is 0.465 e. The summed E-state index contributed by atoms with van der Waals surface area (Å²) in [6.07, 6.45) is 0. The van der Waals surface area contributed by atoms with Gasteiger partial charge < -0.3 is 20.1 Å². The van der Waals surface area contributed by atoms with Crippen molar-refractivity contribution in [1.29, 1.82) is 0 Å². The first-order chi connectivity index (χ1) is 7.24. The van der Waals surface area contributed by atoms with E-state index < -0.39 is 5.97 Å². The first-order valence-corrected chi connectivity index (χ1v) is 4.98. The fraction of sp³-hybridized carbons (Fsp3) is 0.778. The molecule has 0 aromatic carbocycles. The fourth-order valence-electron chi connectivity index (χ4n) is 1.23. The molecule has 1 amide bonds. The molecule has 0 unspecified atom stereocenters. The second-order valence-electron chi connectivity index (χ2n) is 3.10. The molecule has 1 rings (SSSR count). The van der Waals surface area contributed by atoms with Crippen LogP contribution in [0.25, 0.3) is 0 Å². The van der Waals surface area contributed by atoms with Crippen molar-refractivity contribution in [1.82, 2.24) is 10.6 Å². The molecule has 1 aliphatic heterocycles. The van der Waals surface area contributed by atoms with Crippen molar-refractivity contribution < 1.29 is 19.1 Å².